The minimum Gasteiger partial charge on any atom is -0.319 e. The zero-order valence-corrected chi connectivity index (χ0v) is 12.9. The average Bonchev–Trinajstić information content (AvgIpc) is 2.94. The Morgan fingerprint density at radius 1 is 1.09 bits per heavy atom. The molecule has 0 spiro atoms. The van der Waals surface area contributed by atoms with Crippen molar-refractivity contribution < 1.29 is 4.79 Å². The van der Waals surface area contributed by atoms with Gasteiger partial charge in [0.1, 0.15) is 0 Å². The van der Waals surface area contributed by atoms with Crippen LogP contribution in [-0.4, -0.2) is 15.7 Å². The van der Waals surface area contributed by atoms with E-state index >= 15 is 0 Å². The maximum Gasteiger partial charge on any atom is 0.256 e. The second kappa shape index (κ2) is 6.49. The summed E-state index contributed by atoms with van der Waals surface area (Å²) < 4.78 is 1.65. The van der Waals surface area contributed by atoms with E-state index in [4.69, 9.17) is 0 Å². The molecular weight excluding hydrogens is 294 g/mol. The van der Waals surface area contributed by atoms with Gasteiger partial charge in [-0.2, -0.15) is 5.10 Å². The van der Waals surface area contributed by atoms with Gasteiger partial charge in [-0.1, -0.05) is 42.1 Å². The Balaban J connectivity index is 1.83. The molecule has 0 aliphatic heterocycles. The fraction of sp³-hybridized carbons (Fsp3) is 0.0588. The number of nitrogens with one attached hydrogen (secondary N) is 1. The van der Waals surface area contributed by atoms with Gasteiger partial charge in [-0.3, -0.25) is 9.48 Å². The minimum atomic E-state index is -0.132. The second-order valence-corrected chi connectivity index (χ2v) is 5.88. The number of nitrogens with zero attached hydrogens (tertiary/aromatic N) is 2. The van der Waals surface area contributed by atoms with Crippen LogP contribution in [0.2, 0.25) is 0 Å². The van der Waals surface area contributed by atoms with Crippen LogP contribution in [0.4, 0.5) is 5.69 Å². The van der Waals surface area contributed by atoms with Gasteiger partial charge >= 0.3 is 0 Å². The molecule has 0 bridgehead atoms. The minimum absolute atomic E-state index is 0.132. The number of hydrogen-bond acceptors (Lipinski definition) is 3. The molecule has 3 rings (SSSR count). The lowest BCUT2D eigenvalue weighted by Gasteiger charge is -2.08. The molecule has 1 heterocycles. The Kier molecular flexibility index (Phi) is 4.25. The van der Waals surface area contributed by atoms with E-state index in [0.717, 1.165) is 9.79 Å². The summed E-state index contributed by atoms with van der Waals surface area (Å²) in [7, 11) is 1.81. The summed E-state index contributed by atoms with van der Waals surface area (Å²) >= 11 is 1.58. The van der Waals surface area contributed by atoms with Crippen molar-refractivity contribution in [1.29, 1.82) is 0 Å². The number of benzene rings is 2. The largest absolute Gasteiger partial charge is 0.319 e. The van der Waals surface area contributed by atoms with Gasteiger partial charge in [-0.15, -0.1) is 0 Å². The van der Waals surface area contributed by atoms with Crippen LogP contribution in [0, 0.1) is 0 Å². The number of anilines is 1. The standard InChI is InChI=1S/C17H15N3OS/c1-20-12-13(11-18-20)19-17(21)15-9-5-6-10-16(15)22-14-7-3-2-4-8-14/h2-12H,1H3,(H,19,21). The second-order valence-electron chi connectivity index (χ2n) is 4.77. The topological polar surface area (TPSA) is 46.9 Å². The van der Waals surface area contributed by atoms with Gasteiger partial charge < -0.3 is 5.32 Å². The van der Waals surface area contributed by atoms with E-state index < -0.39 is 0 Å². The molecule has 2 aromatic carbocycles. The fourth-order valence-corrected chi connectivity index (χ4v) is 3.01. The number of carbonyl (C=O) groups excluding carboxylic acids is 1. The highest BCUT2D eigenvalue weighted by atomic mass is 32.2. The number of rotatable bonds is 4. The Labute approximate surface area is 133 Å². The predicted octanol–water partition coefficient (Wildman–Crippen LogP) is 3.82. The van der Waals surface area contributed by atoms with Crippen molar-refractivity contribution in [2.24, 2.45) is 7.05 Å². The summed E-state index contributed by atoms with van der Waals surface area (Å²) in [5, 5.41) is 6.92. The first-order chi connectivity index (χ1) is 10.7. The van der Waals surface area contributed by atoms with Gasteiger partial charge in [-0.05, 0) is 24.3 Å². The lowest BCUT2D eigenvalue weighted by molar-refractivity contribution is 0.102. The average molecular weight is 309 g/mol. The number of amides is 1. The van der Waals surface area contributed by atoms with Crippen molar-refractivity contribution in [3.05, 3.63) is 72.6 Å². The summed E-state index contributed by atoms with van der Waals surface area (Å²) in [6.07, 6.45) is 3.40. The van der Waals surface area contributed by atoms with Gasteiger partial charge in [0, 0.05) is 23.0 Å². The molecule has 0 fully saturated rings. The van der Waals surface area contributed by atoms with E-state index in [1.54, 1.807) is 28.8 Å². The van der Waals surface area contributed by atoms with Crippen LogP contribution < -0.4 is 5.32 Å². The SMILES string of the molecule is Cn1cc(NC(=O)c2ccccc2Sc2ccccc2)cn1. The Morgan fingerprint density at radius 2 is 1.82 bits per heavy atom. The summed E-state index contributed by atoms with van der Waals surface area (Å²) in [4.78, 5) is 14.5. The molecule has 22 heavy (non-hydrogen) atoms. The third kappa shape index (κ3) is 3.38. The lowest BCUT2D eigenvalue weighted by Crippen LogP contribution is -2.12. The monoisotopic (exact) mass is 309 g/mol. The van der Waals surface area contributed by atoms with E-state index in [1.165, 1.54) is 0 Å². The maximum atomic E-state index is 12.5. The molecule has 0 saturated heterocycles. The third-order valence-electron chi connectivity index (χ3n) is 3.07. The number of hydrogen-bond donors (Lipinski definition) is 1. The Morgan fingerprint density at radius 3 is 2.55 bits per heavy atom. The summed E-state index contributed by atoms with van der Waals surface area (Å²) in [5.41, 5.74) is 1.34. The van der Waals surface area contributed by atoms with Crippen LogP contribution in [0.15, 0.2) is 76.8 Å². The van der Waals surface area contributed by atoms with Crippen LogP contribution in [0.25, 0.3) is 0 Å². The first-order valence-electron chi connectivity index (χ1n) is 6.84. The molecule has 1 aromatic heterocycles. The molecule has 3 aromatic rings. The molecule has 0 unspecified atom stereocenters. The van der Waals surface area contributed by atoms with E-state index in [1.807, 2.05) is 61.6 Å². The van der Waals surface area contributed by atoms with Gasteiger partial charge in [0.2, 0.25) is 0 Å². The Hall–Kier alpha value is -2.53. The van der Waals surface area contributed by atoms with Crippen molar-refractivity contribution in [3.63, 3.8) is 0 Å². The first kappa shape index (κ1) is 14.4. The summed E-state index contributed by atoms with van der Waals surface area (Å²) in [5.74, 6) is -0.132. The molecule has 0 aliphatic carbocycles. The van der Waals surface area contributed by atoms with Crippen LogP contribution in [0.1, 0.15) is 10.4 Å². The fourth-order valence-electron chi connectivity index (χ4n) is 2.04. The normalized spacial score (nSPS) is 10.4. The van der Waals surface area contributed by atoms with Crippen molar-refractivity contribution in [1.82, 2.24) is 9.78 Å². The molecule has 110 valence electrons. The molecule has 0 radical (unpaired) electrons. The van der Waals surface area contributed by atoms with Crippen molar-refractivity contribution >= 4 is 23.4 Å². The molecule has 0 atom stereocenters. The molecule has 1 N–H and O–H groups in total. The van der Waals surface area contributed by atoms with Gasteiger partial charge in [0.25, 0.3) is 5.91 Å². The number of aryl methyl sites for hydroxylation is 1. The van der Waals surface area contributed by atoms with Gasteiger partial charge in [-0.25, -0.2) is 0 Å². The highest BCUT2D eigenvalue weighted by Gasteiger charge is 2.12. The third-order valence-corrected chi connectivity index (χ3v) is 4.15. The van der Waals surface area contributed by atoms with Crippen molar-refractivity contribution in [2.75, 3.05) is 5.32 Å². The zero-order valence-electron chi connectivity index (χ0n) is 12.1. The van der Waals surface area contributed by atoms with E-state index in [2.05, 4.69) is 10.4 Å². The molecule has 0 saturated carbocycles. The zero-order chi connectivity index (χ0) is 15.4. The van der Waals surface area contributed by atoms with E-state index in [9.17, 15) is 4.79 Å². The number of carbonyl (C=O) groups is 1. The lowest BCUT2D eigenvalue weighted by atomic mass is 10.2. The highest BCUT2D eigenvalue weighted by molar-refractivity contribution is 7.99. The van der Waals surface area contributed by atoms with Crippen LogP contribution >= 0.6 is 11.8 Å². The van der Waals surface area contributed by atoms with Crippen LogP contribution in [-0.2, 0) is 7.05 Å². The van der Waals surface area contributed by atoms with Crippen molar-refractivity contribution in [3.8, 4) is 0 Å². The highest BCUT2D eigenvalue weighted by Crippen LogP contribution is 2.30. The maximum absolute atomic E-state index is 12.5. The molecule has 1 amide bonds. The van der Waals surface area contributed by atoms with E-state index in [-0.39, 0.29) is 5.91 Å². The number of aromatic nitrogens is 2. The van der Waals surface area contributed by atoms with Gasteiger partial charge in [0.15, 0.2) is 0 Å². The van der Waals surface area contributed by atoms with Crippen LogP contribution in [0.3, 0.4) is 0 Å². The smallest absolute Gasteiger partial charge is 0.256 e. The van der Waals surface area contributed by atoms with Gasteiger partial charge in [0.05, 0.1) is 17.4 Å². The van der Waals surface area contributed by atoms with Crippen molar-refractivity contribution in [2.45, 2.75) is 9.79 Å². The molecule has 5 heteroatoms. The summed E-state index contributed by atoms with van der Waals surface area (Å²) in [6.45, 7) is 0. The Bertz CT molecular complexity index is 783. The quantitative estimate of drug-likeness (QED) is 0.797. The molecule has 4 nitrogen and oxygen atoms in total. The molecule has 0 aliphatic rings. The summed E-state index contributed by atoms with van der Waals surface area (Å²) in [6, 6.07) is 17.6. The first-order valence-corrected chi connectivity index (χ1v) is 7.66. The predicted molar refractivity (Wildman–Crippen MR) is 88.2 cm³/mol. The van der Waals surface area contributed by atoms with E-state index in [0.29, 0.717) is 11.3 Å². The van der Waals surface area contributed by atoms with Crippen LogP contribution in [0.5, 0.6) is 0 Å². The molecular formula is C17H15N3OS.